The van der Waals surface area contributed by atoms with Gasteiger partial charge in [0.05, 0.1) is 6.04 Å². The Labute approximate surface area is 98.3 Å². The van der Waals surface area contributed by atoms with Crippen LogP contribution in [0.25, 0.3) is 0 Å². The second kappa shape index (κ2) is 14.0. The molecule has 0 bridgehead atoms. The van der Waals surface area contributed by atoms with Crippen LogP contribution in [0.1, 0.15) is 32.6 Å². The van der Waals surface area contributed by atoms with E-state index in [0.29, 0.717) is 12.7 Å². The molecular weight excluding hydrogens is 204 g/mol. The lowest BCUT2D eigenvalue weighted by atomic mass is 10.1. The van der Waals surface area contributed by atoms with E-state index in [2.05, 4.69) is 18.8 Å². The first-order valence-corrected chi connectivity index (χ1v) is 5.64. The van der Waals surface area contributed by atoms with E-state index in [1.807, 2.05) is 13.1 Å². The molecule has 0 fully saturated rings. The highest BCUT2D eigenvalue weighted by Gasteiger charge is 2.10. The van der Waals surface area contributed by atoms with Crippen molar-refractivity contribution in [1.29, 1.82) is 0 Å². The van der Waals surface area contributed by atoms with Gasteiger partial charge in [-0.3, -0.25) is 9.59 Å². The number of nitrogens with one attached hydrogen (secondary N) is 1. The van der Waals surface area contributed by atoms with Gasteiger partial charge in [-0.25, -0.2) is 0 Å². The molecule has 0 aromatic carbocycles. The summed E-state index contributed by atoms with van der Waals surface area (Å²) in [5, 5.41) is 2.90. The van der Waals surface area contributed by atoms with Crippen molar-refractivity contribution in [3.05, 3.63) is 12.7 Å². The molecular formula is C12H24N2O2. The summed E-state index contributed by atoms with van der Waals surface area (Å²) >= 11 is 0. The second-order valence-corrected chi connectivity index (χ2v) is 3.47. The molecule has 94 valence electrons. The van der Waals surface area contributed by atoms with Crippen LogP contribution in [-0.2, 0) is 9.59 Å². The van der Waals surface area contributed by atoms with Crippen molar-refractivity contribution < 1.29 is 9.59 Å². The summed E-state index contributed by atoms with van der Waals surface area (Å²) in [6.07, 6.45) is 5.85. The van der Waals surface area contributed by atoms with Gasteiger partial charge in [0.15, 0.2) is 6.29 Å². The Morgan fingerprint density at radius 3 is 2.44 bits per heavy atom. The first-order valence-electron chi connectivity index (χ1n) is 5.64. The van der Waals surface area contributed by atoms with Crippen molar-refractivity contribution in [3.63, 3.8) is 0 Å². The first-order chi connectivity index (χ1) is 7.63. The number of likely N-dealkylation sites (N-methyl/N-ethyl adjacent to an activating group) is 1. The van der Waals surface area contributed by atoms with E-state index < -0.39 is 11.8 Å². The molecule has 0 aliphatic heterocycles. The van der Waals surface area contributed by atoms with Crippen molar-refractivity contribution in [1.82, 2.24) is 5.32 Å². The summed E-state index contributed by atoms with van der Waals surface area (Å²) in [5.41, 5.74) is 5.39. The highest BCUT2D eigenvalue weighted by atomic mass is 16.2. The van der Waals surface area contributed by atoms with Crippen LogP contribution in [0.15, 0.2) is 12.7 Å². The number of hydrogen-bond acceptors (Lipinski definition) is 4. The number of hydrogen-bond donors (Lipinski definition) is 2. The molecule has 1 atom stereocenters. The quantitative estimate of drug-likeness (QED) is 0.282. The lowest BCUT2D eigenvalue weighted by Crippen LogP contribution is -2.31. The predicted octanol–water partition coefficient (Wildman–Crippen LogP) is 1.05. The number of ketones is 1. The van der Waals surface area contributed by atoms with Crippen molar-refractivity contribution in [2.75, 3.05) is 13.6 Å². The lowest BCUT2D eigenvalue weighted by molar-refractivity contribution is -0.130. The minimum atomic E-state index is -0.570. The summed E-state index contributed by atoms with van der Waals surface area (Å²) in [6, 6.07) is -0.570. The molecule has 0 radical (unpaired) electrons. The SMILES string of the molecule is C=CCNC.CCCCCC(N)C(=O)C=O. The van der Waals surface area contributed by atoms with Crippen molar-refractivity contribution in [3.8, 4) is 0 Å². The Morgan fingerprint density at radius 1 is 1.50 bits per heavy atom. The summed E-state index contributed by atoms with van der Waals surface area (Å²) in [4.78, 5) is 20.6. The molecule has 16 heavy (non-hydrogen) atoms. The number of aldehydes is 1. The van der Waals surface area contributed by atoms with Crippen LogP contribution in [-0.4, -0.2) is 31.7 Å². The maximum Gasteiger partial charge on any atom is 0.211 e. The van der Waals surface area contributed by atoms with Gasteiger partial charge in [0.2, 0.25) is 5.78 Å². The largest absolute Gasteiger partial charge is 0.321 e. The van der Waals surface area contributed by atoms with Crippen LogP contribution in [0.4, 0.5) is 0 Å². The highest BCUT2D eigenvalue weighted by Crippen LogP contribution is 2.01. The molecule has 0 aliphatic carbocycles. The zero-order valence-electron chi connectivity index (χ0n) is 10.4. The van der Waals surface area contributed by atoms with Gasteiger partial charge in [0, 0.05) is 6.54 Å². The van der Waals surface area contributed by atoms with Crippen LogP contribution >= 0.6 is 0 Å². The molecule has 0 amide bonds. The Balaban J connectivity index is 0. The van der Waals surface area contributed by atoms with Crippen LogP contribution in [0.2, 0.25) is 0 Å². The van der Waals surface area contributed by atoms with Crippen LogP contribution in [0.5, 0.6) is 0 Å². The summed E-state index contributed by atoms with van der Waals surface area (Å²) in [7, 11) is 1.89. The maximum absolute atomic E-state index is 10.6. The minimum Gasteiger partial charge on any atom is -0.321 e. The van der Waals surface area contributed by atoms with Gasteiger partial charge in [-0.1, -0.05) is 32.3 Å². The Morgan fingerprint density at radius 2 is 2.12 bits per heavy atom. The lowest BCUT2D eigenvalue weighted by Gasteiger charge is -2.04. The van der Waals surface area contributed by atoms with Gasteiger partial charge in [-0.15, -0.1) is 6.58 Å². The van der Waals surface area contributed by atoms with E-state index in [4.69, 9.17) is 5.73 Å². The molecule has 0 saturated carbocycles. The third-order valence-electron chi connectivity index (χ3n) is 1.95. The van der Waals surface area contributed by atoms with Gasteiger partial charge in [0.25, 0.3) is 0 Å². The monoisotopic (exact) mass is 228 g/mol. The van der Waals surface area contributed by atoms with Gasteiger partial charge >= 0.3 is 0 Å². The van der Waals surface area contributed by atoms with Crippen molar-refractivity contribution >= 4 is 12.1 Å². The fraction of sp³-hybridized carbons (Fsp3) is 0.667. The molecule has 0 spiro atoms. The molecule has 1 unspecified atom stereocenters. The van der Waals surface area contributed by atoms with E-state index in [0.717, 1.165) is 25.8 Å². The van der Waals surface area contributed by atoms with Crippen molar-refractivity contribution in [2.24, 2.45) is 5.73 Å². The average Bonchev–Trinajstić information content (AvgIpc) is 2.30. The Kier molecular flexibility index (Phi) is 15.2. The molecule has 0 saturated heterocycles. The van der Waals surface area contributed by atoms with E-state index in [1.54, 1.807) is 0 Å². The van der Waals surface area contributed by atoms with Gasteiger partial charge in [-0.2, -0.15) is 0 Å². The maximum atomic E-state index is 10.6. The van der Waals surface area contributed by atoms with Gasteiger partial charge in [0.1, 0.15) is 0 Å². The minimum absolute atomic E-state index is 0.302. The number of carbonyl (C=O) groups excluding carboxylic acids is 2. The molecule has 0 aromatic rings. The number of rotatable bonds is 8. The van der Waals surface area contributed by atoms with Crippen LogP contribution < -0.4 is 11.1 Å². The van der Waals surface area contributed by atoms with Crippen molar-refractivity contribution in [2.45, 2.75) is 38.6 Å². The summed E-state index contributed by atoms with van der Waals surface area (Å²) in [6.45, 7) is 6.47. The zero-order chi connectivity index (χ0) is 12.8. The second-order valence-electron chi connectivity index (χ2n) is 3.47. The van der Waals surface area contributed by atoms with E-state index >= 15 is 0 Å². The Hall–Kier alpha value is -1.00. The summed E-state index contributed by atoms with van der Waals surface area (Å²) < 4.78 is 0. The fourth-order valence-electron chi connectivity index (χ4n) is 0.988. The Bertz CT molecular complexity index is 193. The number of Topliss-reactive ketones (excluding diaryl/α,β-unsaturated/α-hetero) is 1. The molecule has 0 aliphatic rings. The number of nitrogens with two attached hydrogens (primary N) is 1. The first kappa shape index (κ1) is 17.4. The summed E-state index contributed by atoms with van der Waals surface area (Å²) in [5.74, 6) is -0.485. The molecule has 0 rings (SSSR count). The smallest absolute Gasteiger partial charge is 0.211 e. The number of unbranched alkanes of at least 4 members (excludes halogenated alkanes) is 2. The third-order valence-corrected chi connectivity index (χ3v) is 1.95. The van der Waals surface area contributed by atoms with Gasteiger partial charge < -0.3 is 11.1 Å². The molecule has 0 aromatic heterocycles. The molecule has 4 heteroatoms. The fourth-order valence-corrected chi connectivity index (χ4v) is 0.988. The molecule has 0 heterocycles. The van der Waals surface area contributed by atoms with Crippen LogP contribution in [0.3, 0.4) is 0 Å². The predicted molar refractivity (Wildman–Crippen MR) is 67.3 cm³/mol. The number of carbonyl (C=O) groups is 2. The van der Waals surface area contributed by atoms with E-state index in [1.165, 1.54) is 0 Å². The molecule has 3 N–H and O–H groups in total. The average molecular weight is 228 g/mol. The highest BCUT2D eigenvalue weighted by molar-refractivity contribution is 6.27. The normalized spacial score (nSPS) is 10.9. The van der Waals surface area contributed by atoms with Gasteiger partial charge in [-0.05, 0) is 13.5 Å². The molecule has 4 nitrogen and oxygen atoms in total. The van der Waals surface area contributed by atoms with E-state index in [9.17, 15) is 9.59 Å². The van der Waals surface area contributed by atoms with Crippen LogP contribution in [0, 0.1) is 0 Å². The third kappa shape index (κ3) is 13.0. The zero-order valence-corrected chi connectivity index (χ0v) is 10.4. The topological polar surface area (TPSA) is 72.2 Å². The standard InChI is InChI=1S/C8H15NO2.C4H9N/c1-2-3-4-5-7(9)8(11)6-10;1-3-4-5-2/h6-7H,2-5,9H2,1H3;3,5H,1,4H2,2H3. The van der Waals surface area contributed by atoms with E-state index in [-0.39, 0.29) is 0 Å².